The zero-order valence-corrected chi connectivity index (χ0v) is 6.56. The molecule has 1 aliphatic carbocycles. The van der Waals surface area contributed by atoms with E-state index in [0.29, 0.717) is 19.3 Å². The van der Waals surface area contributed by atoms with Gasteiger partial charge in [0.1, 0.15) is 0 Å². The fourth-order valence-corrected chi connectivity index (χ4v) is 1.60. The van der Waals surface area contributed by atoms with Crippen LogP contribution >= 0.6 is 0 Å². The maximum atomic E-state index is 12.2. The Morgan fingerprint density at radius 2 is 1.42 bits per heavy atom. The molecule has 0 radical (unpaired) electrons. The molecule has 4 heteroatoms. The van der Waals surface area contributed by atoms with E-state index in [9.17, 15) is 18.4 Å². The summed E-state index contributed by atoms with van der Waals surface area (Å²) in [4.78, 5) is 20.5. The van der Waals surface area contributed by atoms with Gasteiger partial charge in [0, 0.05) is 0 Å². The van der Waals surface area contributed by atoms with E-state index in [2.05, 4.69) is 0 Å². The molecule has 0 aromatic heterocycles. The first-order valence-electron chi connectivity index (χ1n) is 4.00. The molecule has 1 fully saturated rings. The molecule has 0 N–H and O–H groups in total. The van der Waals surface area contributed by atoms with E-state index in [0.717, 1.165) is 0 Å². The number of hydrogen-bond donors (Lipinski definition) is 0. The summed E-state index contributed by atoms with van der Waals surface area (Å²) >= 11 is 0. The van der Waals surface area contributed by atoms with Crippen LogP contribution in [0.5, 0.6) is 0 Å². The molecule has 12 heavy (non-hydrogen) atoms. The lowest BCUT2D eigenvalue weighted by Crippen LogP contribution is -2.23. The summed E-state index contributed by atoms with van der Waals surface area (Å²) in [7, 11) is 0. The van der Waals surface area contributed by atoms with E-state index >= 15 is 0 Å². The lowest BCUT2D eigenvalue weighted by Gasteiger charge is -2.22. The second-order valence-electron chi connectivity index (χ2n) is 3.17. The van der Waals surface area contributed by atoms with Gasteiger partial charge < -0.3 is 0 Å². The molecular weight excluding hydrogens is 166 g/mol. The Morgan fingerprint density at radius 1 is 1.00 bits per heavy atom. The second-order valence-corrected chi connectivity index (χ2v) is 3.17. The fraction of sp³-hybridized carbons (Fsp3) is 0.750. The standard InChI is InChI=1S/C8H10F2O2/c9-7(11)5-2-1-3-6(4-5)8(10)12/h5-6H,1-4H2/t5-,6+. The lowest BCUT2D eigenvalue weighted by molar-refractivity contribution is -0.139. The summed E-state index contributed by atoms with van der Waals surface area (Å²) in [5, 5.41) is 0. The summed E-state index contributed by atoms with van der Waals surface area (Å²) in [5.41, 5.74) is 0. The Bertz CT molecular complexity index is 183. The van der Waals surface area contributed by atoms with E-state index in [1.165, 1.54) is 0 Å². The SMILES string of the molecule is O=C(F)[C@@H]1CCC[C@H](C(=O)F)C1. The van der Waals surface area contributed by atoms with Gasteiger partial charge in [0.25, 0.3) is 0 Å². The molecule has 1 rings (SSSR count). The van der Waals surface area contributed by atoms with E-state index in [4.69, 9.17) is 0 Å². The lowest BCUT2D eigenvalue weighted by atomic mass is 9.82. The van der Waals surface area contributed by atoms with Crippen molar-refractivity contribution < 1.29 is 18.4 Å². The summed E-state index contributed by atoms with van der Waals surface area (Å²) in [6.45, 7) is 0. The van der Waals surface area contributed by atoms with Crippen LogP contribution in [0.4, 0.5) is 8.78 Å². The second kappa shape index (κ2) is 3.74. The quantitative estimate of drug-likeness (QED) is 0.601. The third kappa shape index (κ3) is 2.09. The summed E-state index contributed by atoms with van der Waals surface area (Å²) in [6, 6.07) is -2.83. The van der Waals surface area contributed by atoms with Crippen molar-refractivity contribution in [2.75, 3.05) is 0 Å². The molecule has 2 atom stereocenters. The Morgan fingerprint density at radius 3 is 1.75 bits per heavy atom. The number of halogens is 2. The maximum absolute atomic E-state index is 12.2. The van der Waals surface area contributed by atoms with Gasteiger partial charge in [-0.25, -0.2) is 0 Å². The van der Waals surface area contributed by atoms with Crippen molar-refractivity contribution in [2.24, 2.45) is 11.8 Å². The van der Waals surface area contributed by atoms with Crippen molar-refractivity contribution in [3.63, 3.8) is 0 Å². The van der Waals surface area contributed by atoms with E-state index in [1.54, 1.807) is 0 Å². The van der Waals surface area contributed by atoms with E-state index < -0.39 is 23.9 Å². The topological polar surface area (TPSA) is 34.1 Å². The van der Waals surface area contributed by atoms with Crippen LogP contribution in [0.25, 0.3) is 0 Å². The highest BCUT2D eigenvalue weighted by Gasteiger charge is 2.31. The molecule has 0 heterocycles. The van der Waals surface area contributed by atoms with Crippen LogP contribution in [0.1, 0.15) is 25.7 Å². The van der Waals surface area contributed by atoms with Gasteiger partial charge in [0.2, 0.25) is 0 Å². The van der Waals surface area contributed by atoms with Crippen LogP contribution in [-0.4, -0.2) is 12.1 Å². The zero-order chi connectivity index (χ0) is 9.14. The molecule has 2 nitrogen and oxygen atoms in total. The first kappa shape index (κ1) is 9.29. The number of rotatable bonds is 2. The minimum atomic E-state index is -1.42. The molecule has 1 saturated carbocycles. The molecule has 0 bridgehead atoms. The van der Waals surface area contributed by atoms with Crippen molar-refractivity contribution in [1.82, 2.24) is 0 Å². The van der Waals surface area contributed by atoms with Crippen molar-refractivity contribution in [1.29, 1.82) is 0 Å². The van der Waals surface area contributed by atoms with Crippen LogP contribution in [0.3, 0.4) is 0 Å². The predicted molar refractivity (Wildman–Crippen MR) is 37.7 cm³/mol. The van der Waals surface area contributed by atoms with Gasteiger partial charge in [-0.05, 0) is 19.3 Å². The summed E-state index contributed by atoms with van der Waals surface area (Å²) < 4.78 is 24.3. The fourth-order valence-electron chi connectivity index (χ4n) is 1.60. The zero-order valence-electron chi connectivity index (χ0n) is 6.56. The third-order valence-electron chi connectivity index (χ3n) is 2.32. The molecule has 0 aromatic carbocycles. The van der Waals surface area contributed by atoms with Crippen molar-refractivity contribution in [3.8, 4) is 0 Å². The Labute approximate surface area is 68.9 Å². The van der Waals surface area contributed by atoms with E-state index in [-0.39, 0.29) is 6.42 Å². The summed E-state index contributed by atoms with van der Waals surface area (Å²) in [5.74, 6) is -1.49. The Hall–Kier alpha value is -0.800. The van der Waals surface area contributed by atoms with Gasteiger partial charge in [0.05, 0.1) is 11.8 Å². The van der Waals surface area contributed by atoms with Crippen LogP contribution in [0.2, 0.25) is 0 Å². The average Bonchev–Trinajstić information content (AvgIpc) is 2.04. The van der Waals surface area contributed by atoms with Crippen molar-refractivity contribution in [2.45, 2.75) is 25.7 Å². The number of carbonyl (C=O) groups is 2. The normalized spacial score (nSPS) is 29.8. The van der Waals surface area contributed by atoms with Gasteiger partial charge >= 0.3 is 12.1 Å². The molecular formula is C8H10F2O2. The average molecular weight is 176 g/mol. The number of carbonyl (C=O) groups excluding carboxylic acids is 2. The Kier molecular flexibility index (Phi) is 2.89. The third-order valence-corrected chi connectivity index (χ3v) is 2.32. The van der Waals surface area contributed by atoms with Crippen LogP contribution in [-0.2, 0) is 9.59 Å². The van der Waals surface area contributed by atoms with Gasteiger partial charge in [-0.15, -0.1) is 0 Å². The monoisotopic (exact) mass is 176 g/mol. The van der Waals surface area contributed by atoms with Crippen LogP contribution in [0.15, 0.2) is 0 Å². The van der Waals surface area contributed by atoms with Crippen LogP contribution < -0.4 is 0 Å². The largest absolute Gasteiger partial charge is 0.304 e. The Balaban J connectivity index is 2.51. The van der Waals surface area contributed by atoms with Gasteiger partial charge in [-0.1, -0.05) is 6.42 Å². The van der Waals surface area contributed by atoms with Gasteiger partial charge in [0.15, 0.2) is 0 Å². The van der Waals surface area contributed by atoms with Crippen LogP contribution in [0, 0.1) is 11.8 Å². The molecule has 68 valence electrons. The maximum Gasteiger partial charge on any atom is 0.304 e. The highest BCUT2D eigenvalue weighted by atomic mass is 19.1. The van der Waals surface area contributed by atoms with Gasteiger partial charge in [-0.3, -0.25) is 9.59 Å². The summed E-state index contributed by atoms with van der Waals surface area (Å²) in [6.07, 6.45) is 1.49. The smallest absolute Gasteiger partial charge is 0.261 e. The highest BCUT2D eigenvalue weighted by molar-refractivity contribution is 5.75. The molecule has 0 saturated heterocycles. The molecule has 0 amide bonds. The number of hydrogen-bond acceptors (Lipinski definition) is 2. The van der Waals surface area contributed by atoms with Crippen molar-refractivity contribution >= 4 is 12.1 Å². The first-order valence-corrected chi connectivity index (χ1v) is 4.00. The molecule has 0 aromatic rings. The van der Waals surface area contributed by atoms with Gasteiger partial charge in [-0.2, -0.15) is 8.78 Å². The van der Waals surface area contributed by atoms with E-state index in [1.807, 2.05) is 0 Å². The molecule has 0 spiro atoms. The highest BCUT2D eigenvalue weighted by Crippen LogP contribution is 2.30. The predicted octanol–water partition coefficient (Wildman–Crippen LogP) is 1.79. The molecule has 0 unspecified atom stereocenters. The molecule has 0 aliphatic heterocycles. The minimum absolute atomic E-state index is 0.0463. The first-order chi connectivity index (χ1) is 5.61. The minimum Gasteiger partial charge on any atom is -0.261 e. The molecule has 1 aliphatic rings. The van der Waals surface area contributed by atoms with Crippen molar-refractivity contribution in [3.05, 3.63) is 0 Å².